The number of aromatic nitrogens is 2. The molecule has 4 rings (SSSR count). The van der Waals surface area contributed by atoms with Crippen LogP contribution in [-0.2, 0) is 4.74 Å². The van der Waals surface area contributed by atoms with E-state index in [-0.39, 0.29) is 5.97 Å². The summed E-state index contributed by atoms with van der Waals surface area (Å²) in [6, 6.07) is 11.6. The van der Waals surface area contributed by atoms with Crippen molar-refractivity contribution in [1.29, 1.82) is 0 Å². The Morgan fingerprint density at radius 2 is 2.17 bits per heavy atom. The van der Waals surface area contributed by atoms with Crippen molar-refractivity contribution in [3.05, 3.63) is 54.6 Å². The van der Waals surface area contributed by atoms with E-state index >= 15 is 0 Å². The Labute approximate surface area is 132 Å². The molecule has 0 amide bonds. The van der Waals surface area contributed by atoms with Gasteiger partial charge in [0.2, 0.25) is 0 Å². The number of carbonyl (C=O) groups excluding carboxylic acids is 1. The zero-order chi connectivity index (χ0) is 15.8. The summed E-state index contributed by atoms with van der Waals surface area (Å²) in [5.74, 6) is 0.452. The van der Waals surface area contributed by atoms with Crippen LogP contribution in [0.1, 0.15) is 17.4 Å². The highest BCUT2D eigenvalue weighted by Gasteiger charge is 2.16. The maximum Gasteiger partial charge on any atom is 0.354 e. The number of nitrogens with one attached hydrogen (secondary N) is 1. The molecule has 0 atom stereocenters. The highest BCUT2D eigenvalue weighted by atomic mass is 16.5. The lowest BCUT2D eigenvalue weighted by Crippen LogP contribution is -2.04. The Bertz CT molecular complexity index is 937. The van der Waals surface area contributed by atoms with Crippen LogP contribution >= 0.6 is 0 Å². The molecular weight excluding hydrogens is 292 g/mol. The molecule has 1 aliphatic carbocycles. The Balaban J connectivity index is 1.87. The SMILES string of the molecule is CCOC(=O)c1cc2c(-c3cc4cccoc-4c3)ccnc2[nH]1. The third-order valence-electron chi connectivity index (χ3n) is 3.77. The van der Waals surface area contributed by atoms with E-state index in [1.54, 1.807) is 25.5 Å². The maximum absolute atomic E-state index is 11.9. The van der Waals surface area contributed by atoms with Crippen molar-refractivity contribution in [2.45, 2.75) is 6.92 Å². The van der Waals surface area contributed by atoms with Gasteiger partial charge in [-0.1, -0.05) is 0 Å². The standard InChI is InChI=1S/C18H14N2O3/c1-2-22-18(21)15-10-14-13(5-6-19-17(14)20-15)12-8-11-4-3-7-23-16(11)9-12/h3-10H,2H2,1H3,(H,19,20). The topological polar surface area (TPSA) is 68.1 Å². The third kappa shape index (κ3) is 2.26. The number of aromatic amines is 1. The predicted octanol–water partition coefficient (Wildman–Crippen LogP) is 4.10. The van der Waals surface area contributed by atoms with E-state index in [1.807, 2.05) is 24.3 Å². The van der Waals surface area contributed by atoms with E-state index in [4.69, 9.17) is 9.15 Å². The van der Waals surface area contributed by atoms with Gasteiger partial charge in [-0.3, -0.25) is 0 Å². The van der Waals surface area contributed by atoms with Crippen molar-refractivity contribution in [1.82, 2.24) is 9.97 Å². The molecule has 1 N–H and O–H groups in total. The maximum atomic E-state index is 11.9. The predicted molar refractivity (Wildman–Crippen MR) is 86.4 cm³/mol. The molecule has 23 heavy (non-hydrogen) atoms. The number of hydrogen-bond acceptors (Lipinski definition) is 4. The van der Waals surface area contributed by atoms with Crippen molar-refractivity contribution in [3.63, 3.8) is 0 Å². The van der Waals surface area contributed by atoms with Crippen LogP contribution in [0.5, 0.6) is 0 Å². The first-order chi connectivity index (χ1) is 11.3. The van der Waals surface area contributed by atoms with E-state index in [9.17, 15) is 4.79 Å². The fraction of sp³-hybridized carbons (Fsp3) is 0.111. The third-order valence-corrected chi connectivity index (χ3v) is 3.77. The van der Waals surface area contributed by atoms with Crippen LogP contribution in [0.15, 0.2) is 53.3 Å². The van der Waals surface area contributed by atoms with Gasteiger partial charge in [-0.15, -0.1) is 0 Å². The van der Waals surface area contributed by atoms with Crippen LogP contribution < -0.4 is 0 Å². The Morgan fingerprint density at radius 1 is 1.26 bits per heavy atom. The second-order valence-corrected chi connectivity index (χ2v) is 5.20. The van der Waals surface area contributed by atoms with Gasteiger partial charge >= 0.3 is 5.97 Å². The summed E-state index contributed by atoms with van der Waals surface area (Å²) in [7, 11) is 0. The first kappa shape index (κ1) is 13.6. The first-order valence-electron chi connectivity index (χ1n) is 7.39. The number of H-pyrrole nitrogens is 1. The fourth-order valence-electron chi connectivity index (χ4n) is 2.75. The van der Waals surface area contributed by atoms with E-state index in [0.29, 0.717) is 17.9 Å². The van der Waals surface area contributed by atoms with Gasteiger partial charge in [0.1, 0.15) is 17.1 Å². The van der Waals surface area contributed by atoms with Crippen molar-refractivity contribution < 1.29 is 13.9 Å². The van der Waals surface area contributed by atoms with E-state index in [2.05, 4.69) is 16.0 Å². The number of esters is 1. The minimum absolute atomic E-state index is 0.338. The Kier molecular flexibility index (Phi) is 3.12. The van der Waals surface area contributed by atoms with Gasteiger partial charge in [-0.2, -0.15) is 0 Å². The number of nitrogens with zero attached hydrogens (tertiary/aromatic N) is 1. The monoisotopic (exact) mass is 306 g/mol. The number of carbonyl (C=O) groups is 1. The lowest BCUT2D eigenvalue weighted by Gasteiger charge is -1.98. The van der Waals surface area contributed by atoms with Crippen LogP contribution in [-0.4, -0.2) is 22.5 Å². The van der Waals surface area contributed by atoms with Crippen molar-refractivity contribution in [3.8, 4) is 22.5 Å². The molecule has 114 valence electrons. The molecule has 5 nitrogen and oxygen atoms in total. The molecule has 5 heteroatoms. The summed E-state index contributed by atoms with van der Waals surface area (Å²) < 4.78 is 10.5. The van der Waals surface area contributed by atoms with Gasteiger partial charge in [0, 0.05) is 17.1 Å². The number of rotatable bonds is 3. The van der Waals surface area contributed by atoms with Gasteiger partial charge < -0.3 is 14.1 Å². The number of fused-ring (bicyclic) bond motifs is 2. The van der Waals surface area contributed by atoms with Crippen LogP contribution in [0.2, 0.25) is 0 Å². The second kappa shape index (κ2) is 5.28. The van der Waals surface area contributed by atoms with Crippen molar-refractivity contribution in [2.24, 2.45) is 0 Å². The summed E-state index contributed by atoms with van der Waals surface area (Å²) in [4.78, 5) is 19.2. The average Bonchev–Trinajstić information content (AvgIpc) is 3.18. The first-order valence-corrected chi connectivity index (χ1v) is 7.39. The largest absolute Gasteiger partial charge is 0.464 e. The van der Waals surface area contributed by atoms with Crippen LogP contribution in [0.3, 0.4) is 0 Å². The highest BCUT2D eigenvalue weighted by molar-refractivity contribution is 6.00. The Morgan fingerprint density at radius 3 is 3.00 bits per heavy atom. The van der Waals surface area contributed by atoms with Crippen molar-refractivity contribution >= 4 is 17.0 Å². The fourth-order valence-corrected chi connectivity index (χ4v) is 2.75. The number of ether oxygens (including phenoxy) is 1. The highest BCUT2D eigenvalue weighted by Crippen LogP contribution is 2.35. The smallest absolute Gasteiger partial charge is 0.354 e. The van der Waals surface area contributed by atoms with Gasteiger partial charge in [0.05, 0.1) is 12.9 Å². The molecule has 2 aliphatic rings. The van der Waals surface area contributed by atoms with Crippen LogP contribution in [0.4, 0.5) is 0 Å². The van der Waals surface area contributed by atoms with Gasteiger partial charge in [-0.05, 0) is 54.4 Å². The quantitative estimate of drug-likeness (QED) is 0.578. The lowest BCUT2D eigenvalue weighted by atomic mass is 10.1. The van der Waals surface area contributed by atoms with Gasteiger partial charge in [0.15, 0.2) is 0 Å². The molecule has 0 saturated carbocycles. The van der Waals surface area contributed by atoms with E-state index in [1.165, 1.54) is 0 Å². The molecule has 2 aromatic heterocycles. The summed E-state index contributed by atoms with van der Waals surface area (Å²) in [5, 5.41) is 0.880. The molecular formula is C18H14N2O3. The normalized spacial score (nSPS) is 11.2. The van der Waals surface area contributed by atoms with Crippen molar-refractivity contribution in [2.75, 3.05) is 6.61 Å². The molecule has 2 aromatic rings. The molecule has 0 fully saturated rings. The summed E-state index contributed by atoms with van der Waals surface area (Å²) in [6.07, 6.45) is 3.38. The van der Waals surface area contributed by atoms with Crippen LogP contribution in [0.25, 0.3) is 33.5 Å². The molecule has 1 aliphatic heterocycles. The van der Waals surface area contributed by atoms with E-state index in [0.717, 1.165) is 27.8 Å². The zero-order valence-electron chi connectivity index (χ0n) is 12.5. The number of pyridine rings is 1. The zero-order valence-corrected chi connectivity index (χ0v) is 12.5. The molecule has 0 bridgehead atoms. The average molecular weight is 306 g/mol. The van der Waals surface area contributed by atoms with Gasteiger partial charge in [0.25, 0.3) is 0 Å². The number of hydrogen-bond donors (Lipinski definition) is 1. The lowest BCUT2D eigenvalue weighted by molar-refractivity contribution is 0.0520. The van der Waals surface area contributed by atoms with E-state index < -0.39 is 0 Å². The second-order valence-electron chi connectivity index (χ2n) is 5.20. The molecule has 3 heterocycles. The minimum atomic E-state index is -0.376. The molecule has 0 unspecified atom stereocenters. The minimum Gasteiger partial charge on any atom is -0.464 e. The molecule has 0 spiro atoms. The van der Waals surface area contributed by atoms with Crippen LogP contribution in [0, 0.1) is 0 Å². The molecule has 0 aromatic carbocycles. The Hall–Kier alpha value is -3.08. The van der Waals surface area contributed by atoms with Gasteiger partial charge in [-0.25, -0.2) is 9.78 Å². The molecule has 0 radical (unpaired) electrons. The summed E-state index contributed by atoms with van der Waals surface area (Å²) in [6.45, 7) is 2.12. The summed E-state index contributed by atoms with van der Waals surface area (Å²) >= 11 is 0. The summed E-state index contributed by atoms with van der Waals surface area (Å²) in [5.41, 5.74) is 4.12. The molecule has 0 saturated heterocycles.